The van der Waals surface area contributed by atoms with E-state index < -0.39 is 0 Å². The first-order valence-corrected chi connectivity index (χ1v) is 7.50. The van der Waals surface area contributed by atoms with Crippen LogP contribution in [0.25, 0.3) is 11.0 Å². The number of aromatic amines is 1. The zero-order valence-electron chi connectivity index (χ0n) is 11.7. The fourth-order valence-electron chi connectivity index (χ4n) is 2.85. The van der Waals surface area contributed by atoms with Gasteiger partial charge in [0.15, 0.2) is 0 Å². The topological polar surface area (TPSA) is 41.1 Å². The van der Waals surface area contributed by atoms with Crippen LogP contribution in [0.4, 0.5) is 0 Å². The highest BCUT2D eigenvalue weighted by Gasteiger charge is 2.22. The van der Waals surface area contributed by atoms with Gasteiger partial charge in [-0.15, -0.1) is 0 Å². The van der Waals surface area contributed by atoms with E-state index in [0.717, 1.165) is 61.0 Å². The molecule has 1 aliphatic heterocycles. The summed E-state index contributed by atoms with van der Waals surface area (Å²) in [5.41, 5.74) is 2.04. The summed E-state index contributed by atoms with van der Waals surface area (Å²) in [7, 11) is 1.76. The molecule has 0 bridgehead atoms. The van der Waals surface area contributed by atoms with Gasteiger partial charge in [0.1, 0.15) is 5.82 Å². The number of benzene rings is 1. The van der Waals surface area contributed by atoms with Crippen molar-refractivity contribution in [3.8, 4) is 0 Å². The Bertz CT molecular complexity index is 576. The smallest absolute Gasteiger partial charge is 0.110 e. The summed E-state index contributed by atoms with van der Waals surface area (Å²) in [5.74, 6) is 1.63. The number of imidazole rings is 1. The lowest BCUT2D eigenvalue weighted by molar-refractivity contribution is 0.129. The molecule has 0 amide bonds. The predicted molar refractivity (Wildman–Crippen MR) is 81.4 cm³/mol. The Morgan fingerprint density at radius 1 is 1.40 bits per heavy atom. The molecule has 5 heteroatoms. The van der Waals surface area contributed by atoms with E-state index >= 15 is 0 Å². The van der Waals surface area contributed by atoms with Crippen LogP contribution in [-0.2, 0) is 4.74 Å². The first-order chi connectivity index (χ1) is 9.76. The number of piperidine rings is 1. The largest absolute Gasteiger partial charge is 0.383 e. The molecule has 0 aliphatic carbocycles. The number of rotatable bonds is 4. The highest BCUT2D eigenvalue weighted by molar-refractivity contribution is 6.31. The van der Waals surface area contributed by atoms with Gasteiger partial charge in [-0.3, -0.25) is 0 Å². The first kappa shape index (κ1) is 13.9. The lowest BCUT2D eigenvalue weighted by Crippen LogP contribution is -2.35. The molecule has 0 unspecified atom stereocenters. The Morgan fingerprint density at radius 3 is 2.95 bits per heavy atom. The number of hydrogen-bond donors (Lipinski definition) is 1. The van der Waals surface area contributed by atoms with E-state index in [1.54, 1.807) is 7.11 Å². The SMILES string of the molecule is COCCN1CCC(c2nc3ccc(Cl)cc3[nH]2)CC1. The molecule has 1 aromatic carbocycles. The van der Waals surface area contributed by atoms with E-state index in [2.05, 4.69) is 9.88 Å². The summed E-state index contributed by atoms with van der Waals surface area (Å²) in [6.07, 6.45) is 2.30. The number of fused-ring (bicyclic) bond motifs is 1. The Labute approximate surface area is 124 Å². The summed E-state index contributed by atoms with van der Waals surface area (Å²) in [6.45, 7) is 4.07. The molecular formula is C15H20ClN3O. The summed E-state index contributed by atoms with van der Waals surface area (Å²) < 4.78 is 5.13. The predicted octanol–water partition coefficient (Wildman–Crippen LogP) is 3.04. The number of aromatic nitrogens is 2. The Morgan fingerprint density at radius 2 is 2.20 bits per heavy atom. The molecular weight excluding hydrogens is 274 g/mol. The fraction of sp³-hybridized carbons (Fsp3) is 0.533. The molecule has 1 N–H and O–H groups in total. The molecule has 0 atom stereocenters. The monoisotopic (exact) mass is 293 g/mol. The third-order valence-electron chi connectivity index (χ3n) is 4.05. The fourth-order valence-corrected chi connectivity index (χ4v) is 3.02. The van der Waals surface area contributed by atoms with Crippen molar-refractivity contribution in [3.63, 3.8) is 0 Å². The van der Waals surface area contributed by atoms with Crippen LogP contribution in [0, 0.1) is 0 Å². The van der Waals surface area contributed by atoms with Crippen molar-refractivity contribution in [1.82, 2.24) is 14.9 Å². The van der Waals surface area contributed by atoms with Crippen LogP contribution in [0.15, 0.2) is 18.2 Å². The molecule has 3 rings (SSSR count). The molecule has 4 nitrogen and oxygen atoms in total. The number of likely N-dealkylation sites (tertiary alicyclic amines) is 1. The van der Waals surface area contributed by atoms with Crippen molar-refractivity contribution in [2.75, 3.05) is 33.4 Å². The lowest BCUT2D eigenvalue weighted by Gasteiger charge is -2.30. The second-order valence-electron chi connectivity index (χ2n) is 5.39. The van der Waals surface area contributed by atoms with E-state index in [1.807, 2.05) is 18.2 Å². The lowest BCUT2D eigenvalue weighted by atomic mass is 9.96. The molecule has 20 heavy (non-hydrogen) atoms. The Balaban J connectivity index is 1.67. The number of nitrogens with one attached hydrogen (secondary N) is 1. The van der Waals surface area contributed by atoms with E-state index in [9.17, 15) is 0 Å². The third-order valence-corrected chi connectivity index (χ3v) is 4.28. The van der Waals surface area contributed by atoms with E-state index in [-0.39, 0.29) is 0 Å². The van der Waals surface area contributed by atoms with Crippen molar-refractivity contribution in [2.45, 2.75) is 18.8 Å². The number of halogens is 1. The number of hydrogen-bond acceptors (Lipinski definition) is 3. The number of nitrogens with zero attached hydrogens (tertiary/aromatic N) is 2. The van der Waals surface area contributed by atoms with E-state index in [4.69, 9.17) is 21.3 Å². The van der Waals surface area contributed by atoms with Gasteiger partial charge in [0, 0.05) is 24.6 Å². The zero-order chi connectivity index (χ0) is 13.9. The normalized spacial score (nSPS) is 17.9. The zero-order valence-corrected chi connectivity index (χ0v) is 12.5. The molecule has 0 radical (unpaired) electrons. The molecule has 1 aliphatic rings. The van der Waals surface area contributed by atoms with Crippen LogP contribution in [0.2, 0.25) is 5.02 Å². The van der Waals surface area contributed by atoms with Gasteiger partial charge in [0.05, 0.1) is 17.6 Å². The summed E-state index contributed by atoms with van der Waals surface area (Å²) >= 11 is 6.02. The second-order valence-corrected chi connectivity index (χ2v) is 5.83. The molecule has 1 fully saturated rings. The average Bonchev–Trinajstić information content (AvgIpc) is 2.88. The van der Waals surface area contributed by atoms with E-state index in [0.29, 0.717) is 5.92 Å². The second kappa shape index (κ2) is 6.12. The van der Waals surface area contributed by atoms with E-state index in [1.165, 1.54) is 0 Å². The van der Waals surface area contributed by atoms with Crippen molar-refractivity contribution < 1.29 is 4.74 Å². The highest BCUT2D eigenvalue weighted by Crippen LogP contribution is 2.28. The van der Waals surface area contributed by atoms with Crippen LogP contribution in [0.1, 0.15) is 24.6 Å². The molecule has 2 aromatic rings. The van der Waals surface area contributed by atoms with Crippen molar-refractivity contribution >= 4 is 22.6 Å². The minimum Gasteiger partial charge on any atom is -0.383 e. The Kier molecular flexibility index (Phi) is 4.24. The number of ether oxygens (including phenoxy) is 1. The molecule has 0 saturated carbocycles. The van der Waals surface area contributed by atoms with Gasteiger partial charge in [-0.2, -0.15) is 0 Å². The molecule has 108 valence electrons. The van der Waals surface area contributed by atoms with Crippen molar-refractivity contribution in [3.05, 3.63) is 29.0 Å². The summed E-state index contributed by atoms with van der Waals surface area (Å²) in [5, 5.41) is 0.752. The minimum atomic E-state index is 0.528. The van der Waals surface area contributed by atoms with Crippen molar-refractivity contribution in [2.24, 2.45) is 0 Å². The van der Waals surface area contributed by atoms with Crippen molar-refractivity contribution in [1.29, 1.82) is 0 Å². The summed E-state index contributed by atoms with van der Waals surface area (Å²) in [6, 6.07) is 5.81. The third kappa shape index (κ3) is 2.97. The molecule has 1 saturated heterocycles. The van der Waals surface area contributed by atoms with Crippen LogP contribution in [0.3, 0.4) is 0 Å². The maximum atomic E-state index is 6.02. The first-order valence-electron chi connectivity index (χ1n) is 7.13. The number of H-pyrrole nitrogens is 1. The molecule has 1 aromatic heterocycles. The highest BCUT2D eigenvalue weighted by atomic mass is 35.5. The quantitative estimate of drug-likeness (QED) is 0.942. The van der Waals surface area contributed by atoms with Crippen LogP contribution in [0.5, 0.6) is 0 Å². The average molecular weight is 294 g/mol. The van der Waals surface area contributed by atoms with Crippen LogP contribution in [-0.4, -0.2) is 48.2 Å². The Hall–Kier alpha value is -1.10. The van der Waals surface area contributed by atoms with Crippen LogP contribution < -0.4 is 0 Å². The summed E-state index contributed by atoms with van der Waals surface area (Å²) in [4.78, 5) is 10.6. The minimum absolute atomic E-state index is 0.528. The van der Waals surface area contributed by atoms with Gasteiger partial charge in [-0.25, -0.2) is 4.98 Å². The van der Waals surface area contributed by atoms with Crippen LogP contribution >= 0.6 is 11.6 Å². The van der Waals surface area contributed by atoms with Gasteiger partial charge >= 0.3 is 0 Å². The standard InChI is InChI=1S/C15H20ClN3O/c1-20-9-8-19-6-4-11(5-7-19)15-17-13-3-2-12(16)10-14(13)18-15/h2-3,10-11H,4-9H2,1H3,(H,17,18). The number of methoxy groups -OCH3 is 1. The van der Waals surface area contributed by atoms with Gasteiger partial charge < -0.3 is 14.6 Å². The van der Waals surface area contributed by atoms with Gasteiger partial charge in [-0.05, 0) is 44.1 Å². The molecule has 0 spiro atoms. The maximum Gasteiger partial charge on any atom is 0.110 e. The maximum absolute atomic E-state index is 6.02. The van der Waals surface area contributed by atoms with Gasteiger partial charge in [-0.1, -0.05) is 11.6 Å². The van der Waals surface area contributed by atoms with Gasteiger partial charge in [0.2, 0.25) is 0 Å². The van der Waals surface area contributed by atoms with Gasteiger partial charge in [0.25, 0.3) is 0 Å². The molecule has 2 heterocycles.